The number of hydrogen-bond donors (Lipinski definition) is 0. The molecule has 0 saturated heterocycles. The number of fused-ring (bicyclic) bond motifs is 3. The molecule has 0 radical (unpaired) electrons. The van der Waals surface area contributed by atoms with E-state index in [-0.39, 0.29) is 11.6 Å². The lowest BCUT2D eigenvalue weighted by atomic mass is 9.97. The summed E-state index contributed by atoms with van der Waals surface area (Å²) in [5, 5.41) is 1.04. The van der Waals surface area contributed by atoms with Gasteiger partial charge in [-0.1, -0.05) is 0 Å². The number of rotatable bonds is 1. The number of halogens is 2. The van der Waals surface area contributed by atoms with Crippen molar-refractivity contribution in [3.05, 3.63) is 64.4 Å². The zero-order chi connectivity index (χ0) is 18.7. The summed E-state index contributed by atoms with van der Waals surface area (Å²) < 4.78 is 36.7. The minimum atomic E-state index is -0.385. The molecule has 0 saturated carbocycles. The number of pyridine rings is 1. The van der Waals surface area contributed by atoms with E-state index in [0.717, 1.165) is 22.4 Å². The van der Waals surface area contributed by atoms with Crippen LogP contribution >= 0.6 is 0 Å². The maximum atomic E-state index is 14.9. The van der Waals surface area contributed by atoms with Crippen molar-refractivity contribution < 1.29 is 17.8 Å². The number of nitrogens with zero attached hydrogens (tertiary/aromatic N) is 1. The molecule has 0 atom stereocenters. The number of furan rings is 1. The normalized spacial score (nSPS) is 11.7. The average Bonchev–Trinajstić information content (AvgIpc) is 2.91. The standard InChI is InChI=1S/C22H20F2NO/c1-11-8-17(25(5)10-14(11)4)19-13(3)7-16(24)21-20-12(2)6-15(23)9-18(20)26-22(19)21/h6-10H,1-5H3/q+1. The van der Waals surface area contributed by atoms with Crippen molar-refractivity contribution in [2.24, 2.45) is 7.05 Å². The number of hydrogen-bond acceptors (Lipinski definition) is 1. The first-order chi connectivity index (χ1) is 12.3. The Morgan fingerprint density at radius 2 is 1.54 bits per heavy atom. The quantitative estimate of drug-likeness (QED) is 0.408. The van der Waals surface area contributed by atoms with Crippen molar-refractivity contribution in [3.8, 4) is 11.3 Å². The molecule has 132 valence electrons. The van der Waals surface area contributed by atoms with Gasteiger partial charge in [0.05, 0.1) is 10.9 Å². The molecule has 26 heavy (non-hydrogen) atoms. The molecule has 4 aromatic rings. The highest BCUT2D eigenvalue weighted by Crippen LogP contribution is 2.40. The van der Waals surface area contributed by atoms with E-state index in [4.69, 9.17) is 4.42 Å². The third-order valence-corrected chi connectivity index (χ3v) is 5.16. The topological polar surface area (TPSA) is 17.0 Å². The molecule has 2 aromatic heterocycles. The molecule has 0 bridgehead atoms. The Kier molecular flexibility index (Phi) is 3.62. The average molecular weight is 352 g/mol. The van der Waals surface area contributed by atoms with Crippen LogP contribution in [-0.2, 0) is 7.05 Å². The van der Waals surface area contributed by atoms with E-state index in [1.807, 2.05) is 31.7 Å². The van der Waals surface area contributed by atoms with Crippen LogP contribution in [0.5, 0.6) is 0 Å². The summed E-state index contributed by atoms with van der Waals surface area (Å²) in [4.78, 5) is 0. The molecule has 0 amide bonds. The smallest absolute Gasteiger partial charge is 0.216 e. The van der Waals surface area contributed by atoms with E-state index in [9.17, 15) is 8.78 Å². The van der Waals surface area contributed by atoms with Gasteiger partial charge in [-0.25, -0.2) is 13.3 Å². The van der Waals surface area contributed by atoms with Gasteiger partial charge in [0.1, 0.15) is 24.3 Å². The Hall–Kier alpha value is -2.75. The minimum Gasteiger partial charge on any atom is -0.455 e. The molecule has 0 aliphatic rings. The lowest BCUT2D eigenvalue weighted by molar-refractivity contribution is -0.660. The molecule has 2 aromatic carbocycles. The van der Waals surface area contributed by atoms with Gasteiger partial charge in [-0.15, -0.1) is 0 Å². The highest BCUT2D eigenvalue weighted by atomic mass is 19.1. The van der Waals surface area contributed by atoms with Crippen molar-refractivity contribution in [1.29, 1.82) is 0 Å². The highest BCUT2D eigenvalue weighted by Gasteiger charge is 2.25. The van der Waals surface area contributed by atoms with Gasteiger partial charge in [-0.2, -0.15) is 0 Å². The molecule has 2 heterocycles. The summed E-state index contributed by atoms with van der Waals surface area (Å²) in [5.74, 6) is -0.731. The predicted molar refractivity (Wildman–Crippen MR) is 99.2 cm³/mol. The predicted octanol–water partition coefficient (Wildman–Crippen LogP) is 5.59. The Labute approximate surface area is 150 Å². The molecule has 0 spiro atoms. The zero-order valence-corrected chi connectivity index (χ0v) is 15.5. The minimum absolute atomic E-state index is 0.346. The molecule has 0 aliphatic carbocycles. The van der Waals surface area contributed by atoms with Gasteiger partial charge in [-0.3, -0.25) is 0 Å². The van der Waals surface area contributed by atoms with Gasteiger partial charge in [0.15, 0.2) is 11.8 Å². The molecule has 0 fully saturated rings. The van der Waals surface area contributed by atoms with Gasteiger partial charge < -0.3 is 4.42 Å². The lowest BCUT2D eigenvalue weighted by Gasteiger charge is -2.08. The van der Waals surface area contributed by atoms with Crippen LogP contribution in [0.15, 0.2) is 34.9 Å². The molecule has 4 heteroatoms. The third kappa shape index (κ3) is 2.32. The van der Waals surface area contributed by atoms with Gasteiger partial charge in [0, 0.05) is 23.1 Å². The van der Waals surface area contributed by atoms with Crippen LogP contribution in [-0.4, -0.2) is 0 Å². The Morgan fingerprint density at radius 1 is 0.808 bits per heavy atom. The zero-order valence-electron chi connectivity index (χ0n) is 15.5. The van der Waals surface area contributed by atoms with Gasteiger partial charge in [0.25, 0.3) is 0 Å². The molecule has 0 N–H and O–H groups in total. The number of aryl methyl sites for hydroxylation is 5. The lowest BCUT2D eigenvalue weighted by Crippen LogP contribution is -2.31. The summed E-state index contributed by atoms with van der Waals surface area (Å²) in [6.45, 7) is 7.75. The van der Waals surface area contributed by atoms with Crippen LogP contribution in [0.4, 0.5) is 8.78 Å². The fourth-order valence-electron chi connectivity index (χ4n) is 3.75. The van der Waals surface area contributed by atoms with Gasteiger partial charge >= 0.3 is 0 Å². The van der Waals surface area contributed by atoms with Crippen molar-refractivity contribution in [2.75, 3.05) is 0 Å². The van der Waals surface area contributed by atoms with E-state index in [1.54, 1.807) is 6.92 Å². The largest absolute Gasteiger partial charge is 0.455 e. The van der Waals surface area contributed by atoms with E-state index < -0.39 is 0 Å². The summed E-state index contributed by atoms with van der Waals surface area (Å²) in [6.07, 6.45) is 2.05. The second-order valence-electron chi connectivity index (χ2n) is 7.09. The fraction of sp³-hybridized carbons (Fsp3) is 0.227. The van der Waals surface area contributed by atoms with E-state index >= 15 is 0 Å². The second kappa shape index (κ2) is 5.63. The van der Waals surface area contributed by atoms with Crippen LogP contribution in [0, 0.1) is 39.3 Å². The van der Waals surface area contributed by atoms with Crippen molar-refractivity contribution in [1.82, 2.24) is 0 Å². The van der Waals surface area contributed by atoms with E-state index in [0.29, 0.717) is 27.5 Å². The first kappa shape index (κ1) is 16.7. The third-order valence-electron chi connectivity index (χ3n) is 5.16. The van der Waals surface area contributed by atoms with E-state index in [2.05, 4.69) is 13.0 Å². The molecule has 0 unspecified atom stereocenters. The van der Waals surface area contributed by atoms with Gasteiger partial charge in [0.2, 0.25) is 5.69 Å². The second-order valence-corrected chi connectivity index (χ2v) is 7.09. The van der Waals surface area contributed by atoms with Crippen molar-refractivity contribution in [2.45, 2.75) is 27.7 Å². The Morgan fingerprint density at radius 3 is 2.27 bits per heavy atom. The van der Waals surface area contributed by atoms with Crippen LogP contribution in [0.25, 0.3) is 33.2 Å². The van der Waals surface area contributed by atoms with Crippen LogP contribution in [0.3, 0.4) is 0 Å². The van der Waals surface area contributed by atoms with Gasteiger partial charge in [-0.05, 0) is 56.5 Å². The monoisotopic (exact) mass is 352 g/mol. The Balaban J connectivity index is 2.21. The maximum Gasteiger partial charge on any atom is 0.216 e. The van der Waals surface area contributed by atoms with Crippen LogP contribution in [0.2, 0.25) is 0 Å². The van der Waals surface area contributed by atoms with Crippen LogP contribution < -0.4 is 4.57 Å². The number of aromatic nitrogens is 1. The summed E-state index contributed by atoms with van der Waals surface area (Å²) in [5.41, 5.74) is 6.38. The number of benzene rings is 2. The molecule has 2 nitrogen and oxygen atoms in total. The highest BCUT2D eigenvalue weighted by molar-refractivity contribution is 6.11. The van der Waals surface area contributed by atoms with Crippen LogP contribution in [0.1, 0.15) is 22.3 Å². The van der Waals surface area contributed by atoms with E-state index in [1.165, 1.54) is 23.8 Å². The molecular formula is C22H20F2NO+. The molecule has 4 rings (SSSR count). The Bertz CT molecular complexity index is 1200. The SMILES string of the molecule is Cc1cc(-c2c(C)cc(F)c3c2oc2cc(F)cc(C)c23)[n+](C)cc1C. The van der Waals surface area contributed by atoms with Crippen molar-refractivity contribution in [3.63, 3.8) is 0 Å². The summed E-state index contributed by atoms with van der Waals surface area (Å²) in [7, 11) is 1.96. The first-order valence-corrected chi connectivity index (χ1v) is 8.56. The summed E-state index contributed by atoms with van der Waals surface area (Å²) >= 11 is 0. The van der Waals surface area contributed by atoms with Crippen molar-refractivity contribution >= 4 is 21.9 Å². The molecule has 0 aliphatic heterocycles. The summed E-state index contributed by atoms with van der Waals surface area (Å²) in [6, 6.07) is 6.34. The maximum absolute atomic E-state index is 14.9. The first-order valence-electron chi connectivity index (χ1n) is 8.56. The fourth-order valence-corrected chi connectivity index (χ4v) is 3.75. The molecular weight excluding hydrogens is 332 g/mol.